The molecule has 0 saturated carbocycles. The molecule has 7 nitrogen and oxygen atoms in total. The predicted molar refractivity (Wildman–Crippen MR) is 65.3 cm³/mol. The summed E-state index contributed by atoms with van der Waals surface area (Å²) < 4.78 is 0. The molecular weight excluding hydrogens is 236 g/mol. The van der Waals surface area contributed by atoms with E-state index in [0.29, 0.717) is 5.69 Å². The molecule has 18 heavy (non-hydrogen) atoms. The van der Waals surface area contributed by atoms with Gasteiger partial charge in [0.05, 0.1) is 5.69 Å². The number of pyridine rings is 1. The molecule has 7 heteroatoms. The lowest BCUT2D eigenvalue weighted by Gasteiger charge is -2.26. The van der Waals surface area contributed by atoms with Gasteiger partial charge in [-0.1, -0.05) is 0 Å². The summed E-state index contributed by atoms with van der Waals surface area (Å²) in [5, 5.41) is 13.1. The van der Waals surface area contributed by atoms with Gasteiger partial charge in [-0.15, -0.1) is 0 Å². The zero-order valence-corrected chi connectivity index (χ0v) is 9.83. The van der Waals surface area contributed by atoms with Crippen molar-refractivity contribution in [2.75, 3.05) is 18.4 Å². The number of hydrogen-bond donors (Lipinski definition) is 1. The van der Waals surface area contributed by atoms with Crippen LogP contribution in [0.5, 0.6) is 0 Å². The van der Waals surface area contributed by atoms with E-state index in [1.54, 1.807) is 4.90 Å². The summed E-state index contributed by atoms with van der Waals surface area (Å²) in [6.45, 7) is 1.51. The van der Waals surface area contributed by atoms with Gasteiger partial charge in [-0.2, -0.15) is 0 Å². The number of aromatic nitrogens is 1. The summed E-state index contributed by atoms with van der Waals surface area (Å²) in [5.41, 5.74) is 0.469. The van der Waals surface area contributed by atoms with E-state index in [1.165, 1.54) is 18.3 Å². The van der Waals surface area contributed by atoms with E-state index in [0.717, 1.165) is 32.4 Å². The summed E-state index contributed by atoms with van der Waals surface area (Å²) in [5.74, 6) is -0.231. The zero-order chi connectivity index (χ0) is 13.0. The first-order chi connectivity index (χ1) is 8.66. The maximum atomic E-state index is 11.8. The molecule has 2 amide bonds. The fourth-order valence-corrected chi connectivity index (χ4v) is 1.87. The normalized spacial score (nSPS) is 15.2. The van der Waals surface area contributed by atoms with Crippen LogP contribution in [-0.2, 0) is 0 Å². The minimum absolute atomic E-state index is 0.176. The highest BCUT2D eigenvalue weighted by Gasteiger charge is 2.17. The van der Waals surface area contributed by atoms with Gasteiger partial charge in [0.2, 0.25) is 0 Å². The highest BCUT2D eigenvalue weighted by atomic mass is 16.6. The Balaban J connectivity index is 1.96. The quantitative estimate of drug-likeness (QED) is 0.642. The van der Waals surface area contributed by atoms with Gasteiger partial charge in [0.1, 0.15) is 0 Å². The number of nitro groups is 1. The molecule has 0 unspecified atom stereocenters. The number of amides is 2. The van der Waals surface area contributed by atoms with E-state index in [-0.39, 0.29) is 11.8 Å². The fraction of sp³-hybridized carbons (Fsp3) is 0.455. The van der Waals surface area contributed by atoms with Gasteiger partial charge in [0.15, 0.2) is 6.20 Å². The number of nitrogens with one attached hydrogen (secondary N) is 1. The molecule has 0 aliphatic carbocycles. The van der Waals surface area contributed by atoms with Gasteiger partial charge < -0.3 is 20.3 Å². The van der Waals surface area contributed by atoms with Gasteiger partial charge >= 0.3 is 11.8 Å². The molecule has 0 spiro atoms. The summed E-state index contributed by atoms with van der Waals surface area (Å²) in [6.07, 6.45) is 4.49. The number of carbonyl (C=O) groups is 1. The average molecular weight is 250 g/mol. The average Bonchev–Trinajstić information content (AvgIpc) is 2.40. The van der Waals surface area contributed by atoms with E-state index < -0.39 is 4.92 Å². The molecule has 0 aromatic carbocycles. The molecule has 1 aromatic rings. The van der Waals surface area contributed by atoms with Crippen LogP contribution in [-0.4, -0.2) is 33.9 Å². The lowest BCUT2D eigenvalue weighted by atomic mass is 10.1. The van der Waals surface area contributed by atoms with E-state index >= 15 is 0 Å². The molecule has 1 aliphatic rings. The highest BCUT2D eigenvalue weighted by Crippen LogP contribution is 2.14. The molecule has 0 atom stereocenters. The maximum absolute atomic E-state index is 11.8. The molecule has 96 valence electrons. The molecule has 0 radical (unpaired) electrons. The first kappa shape index (κ1) is 12.3. The van der Waals surface area contributed by atoms with Crippen molar-refractivity contribution < 1.29 is 9.72 Å². The summed E-state index contributed by atoms with van der Waals surface area (Å²) in [4.78, 5) is 27.1. The van der Waals surface area contributed by atoms with Crippen LogP contribution in [0.2, 0.25) is 0 Å². The summed E-state index contributed by atoms with van der Waals surface area (Å²) in [7, 11) is 0. The van der Waals surface area contributed by atoms with Crippen LogP contribution < -0.4 is 5.32 Å². The second kappa shape index (κ2) is 5.44. The third kappa shape index (κ3) is 2.93. The molecule has 0 bridgehead atoms. The SMILES string of the molecule is O=C(Nc1ccc([N+](=O)[O-])nc1)N1CCCCC1. The summed E-state index contributed by atoms with van der Waals surface area (Å²) in [6, 6.07) is 2.57. The smallest absolute Gasteiger partial charge is 0.358 e. The zero-order valence-electron chi connectivity index (χ0n) is 9.83. The van der Waals surface area contributed by atoms with Crippen molar-refractivity contribution >= 4 is 17.5 Å². The van der Waals surface area contributed by atoms with Gasteiger partial charge in [-0.05, 0) is 35.2 Å². The number of piperidine rings is 1. The Labute approximate surface area is 104 Å². The molecule has 1 saturated heterocycles. The number of carbonyl (C=O) groups excluding carboxylic acids is 1. The lowest BCUT2D eigenvalue weighted by molar-refractivity contribution is -0.389. The van der Waals surface area contributed by atoms with Crippen molar-refractivity contribution in [3.8, 4) is 0 Å². The standard InChI is InChI=1S/C11H14N4O3/c16-11(14-6-2-1-3-7-14)13-9-4-5-10(12-8-9)15(17)18/h4-5,8H,1-3,6-7H2,(H,13,16). The van der Waals surface area contributed by atoms with Gasteiger partial charge in [0, 0.05) is 19.2 Å². The maximum Gasteiger partial charge on any atom is 0.363 e. The van der Waals surface area contributed by atoms with Crippen LogP contribution in [0.4, 0.5) is 16.3 Å². The van der Waals surface area contributed by atoms with Crippen molar-refractivity contribution in [1.82, 2.24) is 9.88 Å². The Morgan fingerprint density at radius 1 is 1.33 bits per heavy atom. The van der Waals surface area contributed by atoms with Crippen LogP contribution in [0.1, 0.15) is 19.3 Å². The minimum atomic E-state index is -0.573. The first-order valence-electron chi connectivity index (χ1n) is 5.83. The van der Waals surface area contributed by atoms with Crippen molar-refractivity contribution in [3.05, 3.63) is 28.4 Å². The number of rotatable bonds is 2. The molecule has 2 rings (SSSR count). The molecule has 1 aliphatic heterocycles. The molecule has 1 N–H and O–H groups in total. The Hall–Kier alpha value is -2.18. The van der Waals surface area contributed by atoms with Crippen molar-refractivity contribution in [1.29, 1.82) is 0 Å². The minimum Gasteiger partial charge on any atom is -0.358 e. The Morgan fingerprint density at radius 3 is 2.61 bits per heavy atom. The van der Waals surface area contributed by atoms with Crippen LogP contribution in [0, 0.1) is 10.1 Å². The number of anilines is 1. The molecule has 2 heterocycles. The Kier molecular flexibility index (Phi) is 3.71. The third-order valence-corrected chi connectivity index (χ3v) is 2.83. The highest BCUT2D eigenvalue weighted by molar-refractivity contribution is 5.89. The second-order valence-electron chi connectivity index (χ2n) is 4.14. The topological polar surface area (TPSA) is 88.4 Å². The monoisotopic (exact) mass is 250 g/mol. The number of hydrogen-bond acceptors (Lipinski definition) is 4. The second-order valence-corrected chi connectivity index (χ2v) is 4.14. The van der Waals surface area contributed by atoms with Gasteiger partial charge in [-0.25, -0.2) is 4.79 Å². The number of urea groups is 1. The van der Waals surface area contributed by atoms with E-state index in [2.05, 4.69) is 10.3 Å². The van der Waals surface area contributed by atoms with Gasteiger partial charge in [0.25, 0.3) is 0 Å². The molecular formula is C11H14N4O3. The largest absolute Gasteiger partial charge is 0.363 e. The number of nitrogens with zero attached hydrogens (tertiary/aromatic N) is 3. The van der Waals surface area contributed by atoms with Crippen LogP contribution >= 0.6 is 0 Å². The van der Waals surface area contributed by atoms with Gasteiger partial charge in [-0.3, -0.25) is 0 Å². The lowest BCUT2D eigenvalue weighted by Crippen LogP contribution is -2.38. The third-order valence-electron chi connectivity index (χ3n) is 2.83. The Morgan fingerprint density at radius 2 is 2.06 bits per heavy atom. The van der Waals surface area contributed by atoms with E-state index in [1.807, 2.05) is 0 Å². The van der Waals surface area contributed by atoms with E-state index in [9.17, 15) is 14.9 Å². The fourth-order valence-electron chi connectivity index (χ4n) is 1.87. The molecule has 1 fully saturated rings. The first-order valence-corrected chi connectivity index (χ1v) is 5.83. The number of likely N-dealkylation sites (tertiary alicyclic amines) is 1. The van der Waals surface area contributed by atoms with Crippen LogP contribution in [0.3, 0.4) is 0 Å². The van der Waals surface area contributed by atoms with Crippen molar-refractivity contribution in [3.63, 3.8) is 0 Å². The summed E-state index contributed by atoms with van der Waals surface area (Å²) >= 11 is 0. The van der Waals surface area contributed by atoms with Crippen molar-refractivity contribution in [2.24, 2.45) is 0 Å². The predicted octanol–water partition coefficient (Wildman–Crippen LogP) is 2.01. The Bertz CT molecular complexity index is 440. The van der Waals surface area contributed by atoms with Crippen LogP contribution in [0.25, 0.3) is 0 Å². The van der Waals surface area contributed by atoms with E-state index in [4.69, 9.17) is 0 Å². The van der Waals surface area contributed by atoms with Crippen molar-refractivity contribution in [2.45, 2.75) is 19.3 Å². The van der Waals surface area contributed by atoms with Crippen LogP contribution in [0.15, 0.2) is 18.3 Å². The molecule has 1 aromatic heterocycles.